The third-order valence-corrected chi connectivity index (χ3v) is 19.3. The third kappa shape index (κ3) is 8.44. The molecular weight excluding hydrogens is 1070 g/mol. The first-order chi connectivity index (χ1) is 41.9. The predicted molar refractivity (Wildman–Crippen MR) is 357 cm³/mol. The molecule has 15 rings (SSSR count). The van der Waals surface area contributed by atoms with Gasteiger partial charge in [0.2, 0.25) is 0 Å². The molecule has 0 N–H and O–H groups in total. The Morgan fingerprint density at radius 2 is 0.736 bits per heavy atom. The van der Waals surface area contributed by atoms with Crippen LogP contribution >= 0.6 is 0 Å². The molecule has 11 aromatic rings. The molecular formula is C80H67N3O4. The summed E-state index contributed by atoms with van der Waals surface area (Å²) in [5.74, 6) is -1.99. The molecule has 4 amide bonds. The summed E-state index contributed by atoms with van der Waals surface area (Å²) in [5.41, 5.74) is 22.5. The number of amides is 4. The lowest BCUT2D eigenvalue weighted by atomic mass is 9.78. The van der Waals surface area contributed by atoms with Crippen LogP contribution in [0.2, 0.25) is 0 Å². The van der Waals surface area contributed by atoms with Crippen molar-refractivity contribution in [2.75, 3.05) is 27.8 Å². The van der Waals surface area contributed by atoms with Crippen molar-refractivity contribution in [1.82, 2.24) is 0 Å². The number of carbonyl (C=O) groups is 4. The predicted octanol–water partition coefficient (Wildman–Crippen LogP) is 19.0. The molecule has 0 fully saturated rings. The summed E-state index contributed by atoms with van der Waals surface area (Å²) in [6.07, 6.45) is 4.73. The summed E-state index contributed by atoms with van der Waals surface area (Å²) >= 11 is 0. The molecule has 0 saturated carbocycles. The number of imide groups is 2. The maximum atomic E-state index is 14.6. The first-order valence-corrected chi connectivity index (χ1v) is 30.7. The number of benzene rings is 11. The average Bonchev–Trinajstić information content (AvgIpc) is 0.741. The zero-order valence-corrected chi connectivity index (χ0v) is 50.6. The van der Waals surface area contributed by atoms with E-state index >= 15 is 0 Å². The fourth-order valence-corrected chi connectivity index (χ4v) is 14.9. The van der Waals surface area contributed by atoms with Gasteiger partial charge < -0.3 is 4.90 Å². The second-order valence-electron chi connectivity index (χ2n) is 26.4. The molecule has 7 nitrogen and oxygen atoms in total. The lowest BCUT2D eigenvalue weighted by Gasteiger charge is -2.39. The molecule has 0 radical (unpaired) electrons. The number of nitrogens with zero attached hydrogens (tertiary/aromatic N) is 3. The fourth-order valence-electron chi connectivity index (χ4n) is 14.9. The van der Waals surface area contributed by atoms with Gasteiger partial charge in [-0.2, -0.15) is 0 Å². The van der Waals surface area contributed by atoms with Gasteiger partial charge in [-0.25, -0.2) is 9.80 Å². The molecule has 4 aliphatic heterocycles. The number of fused-ring (bicyclic) bond motifs is 2. The Kier molecular flexibility index (Phi) is 12.4. The molecule has 11 aromatic carbocycles. The van der Waals surface area contributed by atoms with Gasteiger partial charge in [-0.3, -0.25) is 19.2 Å². The minimum Gasteiger partial charge on any atom is -0.371 e. The number of anilines is 3. The second kappa shape index (κ2) is 19.9. The molecule has 4 aliphatic rings. The van der Waals surface area contributed by atoms with E-state index in [1.807, 2.05) is 24.3 Å². The zero-order valence-electron chi connectivity index (χ0n) is 50.6. The van der Waals surface area contributed by atoms with Gasteiger partial charge in [0, 0.05) is 51.8 Å². The van der Waals surface area contributed by atoms with E-state index in [0.29, 0.717) is 22.1 Å². The Morgan fingerprint density at radius 3 is 1.13 bits per heavy atom. The van der Waals surface area contributed by atoms with Crippen LogP contribution < -0.4 is 14.7 Å². The molecule has 0 saturated heterocycles. The van der Waals surface area contributed by atoms with E-state index in [1.165, 1.54) is 96.3 Å². The van der Waals surface area contributed by atoms with Crippen LogP contribution in [-0.2, 0) is 23.7 Å². The van der Waals surface area contributed by atoms with Gasteiger partial charge in [-0.05, 0) is 203 Å². The maximum Gasteiger partial charge on any atom is 0.265 e. The Balaban J connectivity index is 0.668. The smallest absolute Gasteiger partial charge is 0.265 e. The highest BCUT2D eigenvalue weighted by atomic mass is 16.2. The van der Waals surface area contributed by atoms with E-state index in [2.05, 4.69) is 188 Å². The van der Waals surface area contributed by atoms with E-state index in [-0.39, 0.29) is 33.1 Å². The molecule has 426 valence electrons. The van der Waals surface area contributed by atoms with E-state index in [4.69, 9.17) is 0 Å². The third-order valence-electron chi connectivity index (χ3n) is 19.3. The molecule has 0 aromatic heterocycles. The minimum atomic E-state index is -0.512. The van der Waals surface area contributed by atoms with Gasteiger partial charge in [0.25, 0.3) is 23.6 Å². The fraction of sp³-hybridized carbons (Fsp3) is 0.200. The monoisotopic (exact) mass is 1130 g/mol. The van der Waals surface area contributed by atoms with Crippen molar-refractivity contribution in [2.45, 2.75) is 91.9 Å². The van der Waals surface area contributed by atoms with Crippen LogP contribution in [-0.4, -0.2) is 36.7 Å². The van der Waals surface area contributed by atoms with Crippen molar-refractivity contribution < 1.29 is 19.2 Å². The molecule has 0 aliphatic carbocycles. The maximum absolute atomic E-state index is 14.6. The summed E-state index contributed by atoms with van der Waals surface area (Å²) in [6.45, 7) is 19.6. The van der Waals surface area contributed by atoms with Crippen LogP contribution in [0.1, 0.15) is 129 Å². The minimum absolute atomic E-state index is 0.234. The second-order valence-corrected chi connectivity index (χ2v) is 26.4. The number of carbonyl (C=O) groups excluding carboxylic acids is 4. The molecule has 0 spiro atoms. The van der Waals surface area contributed by atoms with Gasteiger partial charge in [0.15, 0.2) is 0 Å². The first kappa shape index (κ1) is 54.0. The van der Waals surface area contributed by atoms with E-state index in [1.54, 1.807) is 47.5 Å². The van der Waals surface area contributed by atoms with Crippen LogP contribution in [0.4, 0.5) is 17.1 Å². The van der Waals surface area contributed by atoms with Gasteiger partial charge in [-0.1, -0.05) is 187 Å². The highest BCUT2D eigenvalue weighted by Crippen LogP contribution is 2.51. The average molecular weight is 1130 g/mol. The summed E-state index contributed by atoms with van der Waals surface area (Å²) in [6, 6.07) is 64.4. The van der Waals surface area contributed by atoms with Crippen LogP contribution in [0.3, 0.4) is 0 Å². The van der Waals surface area contributed by atoms with Gasteiger partial charge in [0.05, 0.1) is 11.4 Å². The molecule has 0 unspecified atom stereocenters. The SMILES string of the molecule is Cc1c2c3c(c(C)c1-c1c4ccccc4c(-c4ccc(-c5ccc(-c6ccc(-c7ccc(N8C(=O)c9ccc%10c%11c(ccc(c9%11)C8=O)C(=O)N(c8cc(C(C)(C)C)ccc8C(C)(C)C)C%10=O)cc7)cc6)cc5)cc4)c4ccccc14)CCCN3CCC2. The summed E-state index contributed by atoms with van der Waals surface area (Å²) in [5, 5.41) is 5.84. The van der Waals surface area contributed by atoms with Crippen molar-refractivity contribution >= 4 is 73.0 Å². The van der Waals surface area contributed by atoms with Gasteiger partial charge in [-0.15, -0.1) is 0 Å². The van der Waals surface area contributed by atoms with Crippen molar-refractivity contribution in [3.8, 4) is 55.6 Å². The quantitative estimate of drug-likeness (QED) is 0.117. The van der Waals surface area contributed by atoms with Crippen molar-refractivity contribution in [3.05, 3.63) is 244 Å². The topological polar surface area (TPSA) is 78.0 Å². The molecule has 0 atom stereocenters. The number of hydrogen-bond acceptors (Lipinski definition) is 5. The normalized spacial score (nSPS) is 14.9. The van der Waals surface area contributed by atoms with Crippen LogP contribution in [0.15, 0.2) is 188 Å². The number of rotatable bonds is 7. The van der Waals surface area contributed by atoms with Crippen LogP contribution in [0.25, 0.3) is 88.0 Å². The highest BCUT2D eigenvalue weighted by Gasteiger charge is 2.42. The van der Waals surface area contributed by atoms with Gasteiger partial charge in [0.1, 0.15) is 0 Å². The summed E-state index contributed by atoms with van der Waals surface area (Å²) in [4.78, 5) is 63.4. The lowest BCUT2D eigenvalue weighted by molar-refractivity contribution is 0.0872. The van der Waals surface area contributed by atoms with E-state index in [0.717, 1.165) is 57.3 Å². The Labute approximate surface area is 508 Å². The van der Waals surface area contributed by atoms with E-state index < -0.39 is 23.6 Å². The van der Waals surface area contributed by atoms with Crippen LogP contribution in [0, 0.1) is 13.8 Å². The summed E-state index contributed by atoms with van der Waals surface area (Å²) in [7, 11) is 0. The van der Waals surface area contributed by atoms with Crippen molar-refractivity contribution in [1.29, 1.82) is 0 Å². The Bertz CT molecular complexity index is 4620. The lowest BCUT2D eigenvalue weighted by Crippen LogP contribution is -2.44. The van der Waals surface area contributed by atoms with Crippen LogP contribution in [0.5, 0.6) is 0 Å². The number of hydrogen-bond donors (Lipinski definition) is 0. The molecule has 4 heterocycles. The van der Waals surface area contributed by atoms with Crippen molar-refractivity contribution in [2.24, 2.45) is 0 Å². The standard InChI is InChI=1S/C80H67N3O4/c1-46-57-19-13-43-81-44-14-20-58(74(57)81)47(2)69(46)71-61-17-11-9-15-59(61)70(60-16-10-12-18-62(60)71)54-31-29-52(30-32-54)50-23-21-48(22-24-50)49-25-27-51(28-26-49)53-33-36-56(37-34-53)82-75(84)63-38-40-65-73-66(41-39-64(72(63)73)76(82)85)78(87)83(77(65)86)68-45-55(79(3,4)5)35-42-67(68)80(6,7)8/h9-12,15-18,21-42,45H,13-14,19-20,43-44H2,1-8H3. The van der Waals surface area contributed by atoms with E-state index in [9.17, 15) is 19.2 Å². The Morgan fingerprint density at radius 1 is 0.368 bits per heavy atom. The molecule has 7 heteroatoms. The van der Waals surface area contributed by atoms with Gasteiger partial charge >= 0.3 is 0 Å². The Hall–Kier alpha value is -9.72. The largest absolute Gasteiger partial charge is 0.371 e. The van der Waals surface area contributed by atoms with Crippen molar-refractivity contribution in [3.63, 3.8) is 0 Å². The zero-order chi connectivity index (χ0) is 59.9. The molecule has 0 bridgehead atoms. The molecule has 87 heavy (non-hydrogen) atoms. The summed E-state index contributed by atoms with van der Waals surface area (Å²) < 4.78 is 0. The highest BCUT2D eigenvalue weighted by molar-refractivity contribution is 6.42. The first-order valence-electron chi connectivity index (χ1n) is 30.7.